The lowest BCUT2D eigenvalue weighted by Crippen LogP contribution is -2.29. The van der Waals surface area contributed by atoms with Crippen LogP contribution in [-0.2, 0) is 39.9 Å². The fourth-order valence-corrected chi connectivity index (χ4v) is 15.6. The van der Waals surface area contributed by atoms with E-state index >= 15 is 0 Å². The van der Waals surface area contributed by atoms with Gasteiger partial charge >= 0.3 is 25.4 Å². The highest BCUT2D eigenvalue weighted by atomic mass is 79.9. The summed E-state index contributed by atoms with van der Waals surface area (Å²) in [6, 6.07) is 13.5. The third-order valence-corrected chi connectivity index (χ3v) is 22.3. The molecule has 0 unspecified atom stereocenters. The molecule has 0 radical (unpaired) electrons. The zero-order valence-electron chi connectivity index (χ0n) is 90.8. The van der Waals surface area contributed by atoms with E-state index in [1.165, 1.54) is 12.1 Å². The fraction of sp³-hybridized carbons (Fsp3) is 0.419. The molecule has 0 heterocycles. The number of halogens is 2. The molecule has 11 rings (SSSR count). The van der Waals surface area contributed by atoms with Crippen LogP contribution in [0.2, 0.25) is 0 Å². The van der Waals surface area contributed by atoms with E-state index in [0.29, 0.717) is 125 Å². The van der Waals surface area contributed by atoms with Crippen LogP contribution >= 0.6 is 31.9 Å². The molecule has 0 aromatic heterocycles. The molecule has 5 N–H and O–H groups in total. The van der Waals surface area contributed by atoms with E-state index in [1.807, 2.05) is 20.8 Å². The molecule has 0 bridgehead atoms. The minimum absolute atomic E-state index is 0.00260. The number of hydrogen-bond donors (Lipinski definition) is 5. The Morgan fingerprint density at radius 1 is 0.311 bits per heavy atom. The van der Waals surface area contributed by atoms with Crippen LogP contribution in [-0.4, -0.2) is 55.3 Å². The van der Waals surface area contributed by atoms with Gasteiger partial charge in [0.15, 0.2) is 0 Å². The molecule has 0 aliphatic carbocycles. The van der Waals surface area contributed by atoms with Crippen molar-refractivity contribution in [2.45, 2.75) is 267 Å². The first kappa shape index (κ1) is 68.8. The molecule has 632 valence electrons. The van der Waals surface area contributed by atoms with Gasteiger partial charge in [-0.15, -0.1) is 0 Å². The third-order valence-electron chi connectivity index (χ3n) is 21.1. The number of nitrogens with one attached hydrogen (secondary N) is 3. The Morgan fingerprint density at radius 2 is 0.546 bits per heavy atom. The molecule has 0 spiro atoms. The van der Waals surface area contributed by atoms with E-state index in [9.17, 15) is 25.3 Å². The second-order valence-electron chi connectivity index (χ2n) is 30.4. The number of carbonyl (C=O) groups is 3. The predicted molar refractivity (Wildman–Crippen MR) is 514 cm³/mol. The van der Waals surface area contributed by atoms with Gasteiger partial charge in [0.2, 0.25) is 0 Å². The second-order valence-corrected chi connectivity index (χ2v) is 31.9. The molecular weight excluding hydrogens is 1600 g/mol. The normalized spacial score (nSPS) is 13.5. The maximum Gasteiger partial charge on any atom is 0.488 e. The van der Waals surface area contributed by atoms with Crippen molar-refractivity contribution >= 4 is 123 Å². The molecule has 11 nitrogen and oxygen atoms in total. The van der Waals surface area contributed by atoms with E-state index in [2.05, 4.69) is 75.5 Å². The quantitative estimate of drug-likeness (QED) is 0.0144. The highest BCUT2D eigenvalue weighted by Gasteiger charge is 2.25. The summed E-state index contributed by atoms with van der Waals surface area (Å²) >= 11 is 7.07. The van der Waals surface area contributed by atoms with Crippen LogP contribution < -0.4 is 21.4 Å². The van der Waals surface area contributed by atoms with Gasteiger partial charge in [-0.25, -0.2) is 14.4 Å². The molecule has 3 amide bonds. The van der Waals surface area contributed by atoms with E-state index in [-0.39, 0.29) is 160 Å². The number of amides is 3. The summed E-state index contributed by atoms with van der Waals surface area (Å²) in [5.41, 5.74) is 6.47. The fourth-order valence-electron chi connectivity index (χ4n) is 14.6. The van der Waals surface area contributed by atoms with Gasteiger partial charge < -0.3 is 24.3 Å². The van der Waals surface area contributed by atoms with Gasteiger partial charge in [-0.05, 0) is 247 Å². The van der Waals surface area contributed by atoms with Crippen molar-refractivity contribution in [3.63, 3.8) is 0 Å². The number of ether oxygens (including phenoxy) is 3. The van der Waals surface area contributed by atoms with Crippen LogP contribution in [0.3, 0.4) is 0 Å². The smallest absolute Gasteiger partial charge is 0.449 e. The number of benzene rings is 11. The van der Waals surface area contributed by atoms with E-state index in [0.717, 1.165) is 167 Å². The number of unbranched alkanes of at least 4 members (excludes halogenated alkanes) is 23. The largest absolute Gasteiger partial charge is 0.488 e. The molecule has 0 aliphatic rings. The molecule has 0 fully saturated rings. The van der Waals surface area contributed by atoms with Crippen molar-refractivity contribution in [1.29, 1.82) is 0 Å². The Labute approximate surface area is 756 Å². The van der Waals surface area contributed by atoms with Crippen molar-refractivity contribution in [3.05, 3.63) is 225 Å². The topological polar surface area (TPSA) is 155 Å². The first-order valence-corrected chi connectivity index (χ1v) is 45.2. The summed E-state index contributed by atoms with van der Waals surface area (Å²) in [5.74, 6) is 0. The second kappa shape index (κ2) is 52.4. The summed E-state index contributed by atoms with van der Waals surface area (Å²) in [6.45, 7) is 15.5. The van der Waals surface area contributed by atoms with Crippen LogP contribution in [0.15, 0.2) is 203 Å². The summed E-state index contributed by atoms with van der Waals surface area (Å²) in [7, 11) is -1.50. The lowest BCUT2D eigenvalue weighted by atomic mass is 9.80. The van der Waals surface area contributed by atoms with Gasteiger partial charge in [0.25, 0.3) is 0 Å². The van der Waals surface area contributed by atoms with Gasteiger partial charge in [-0.1, -0.05) is 361 Å². The summed E-state index contributed by atoms with van der Waals surface area (Å²) in [6.07, 6.45) is 27.7. The van der Waals surface area contributed by atoms with Crippen molar-refractivity contribution in [3.8, 4) is 44.5 Å². The van der Waals surface area contributed by atoms with Gasteiger partial charge in [0.1, 0.15) is 0 Å². The number of fused-ring (bicyclic) bond motifs is 4. The SMILES string of the molecule is CCCCOC(=O)Nc1ccc(B(O)O)cc1.[2H]c1c([2H])c([2H])c2c(-c3c(CCCCCCCC)c([2H])c(-c4ccc(NC(=O)OCCCC)cc4)c4c([2H])c([2H])c([2H])c([2H])c34)c(CCCCCCCC)c([2H])c(-c3ccc(NC(=O)OCCCC)cc3)c2c1[2H].[2H]c1c([2H])c([2H])c2c(-c3c(CCCCCCCC)c([2H])c(Br)c4c([2H])c([2H])c([2H])c([2H])c34)c(CCCCCCCC)c([2H])c(Br)c2c1[2H]. The van der Waals surface area contributed by atoms with Gasteiger partial charge in [0.05, 0.1) is 47.2 Å². The molecule has 11 aromatic rings. The molecule has 0 saturated carbocycles. The third kappa shape index (κ3) is 29.0. The maximum absolute atomic E-state index is 12.6. The van der Waals surface area contributed by atoms with Crippen LogP contribution in [0, 0.1) is 0 Å². The van der Waals surface area contributed by atoms with Gasteiger partial charge in [-0.2, -0.15) is 0 Å². The Kier molecular flexibility index (Phi) is 30.3. The lowest BCUT2D eigenvalue weighted by molar-refractivity contribution is 0.159. The lowest BCUT2D eigenvalue weighted by Gasteiger charge is -2.23. The van der Waals surface area contributed by atoms with Crippen molar-refractivity contribution < 1.29 is 66.1 Å². The van der Waals surface area contributed by atoms with Gasteiger partial charge in [0, 0.05) is 26.0 Å². The molecule has 0 aliphatic heterocycles. The Bertz CT molecular complexity index is 5810. The minimum atomic E-state index is -1.50. The number of anilines is 3. The number of hydrogen-bond acceptors (Lipinski definition) is 8. The van der Waals surface area contributed by atoms with Crippen molar-refractivity contribution in [2.75, 3.05) is 35.8 Å². The number of carbonyl (C=O) groups excluding carboxylic acids is 3. The molecule has 0 saturated heterocycles. The first-order valence-electron chi connectivity index (χ1n) is 53.6. The minimum Gasteiger partial charge on any atom is -0.449 e. The van der Waals surface area contributed by atoms with Crippen LogP contribution in [0.25, 0.3) is 87.6 Å². The predicted octanol–water partition coefficient (Wildman–Crippen LogP) is 31.2. The zero-order chi connectivity index (χ0) is 102. The Hall–Kier alpha value is -8.79. The van der Waals surface area contributed by atoms with Crippen molar-refractivity contribution in [2.24, 2.45) is 0 Å². The Morgan fingerprint density at radius 3 is 0.824 bits per heavy atom. The number of rotatable bonds is 45. The average molecular weight is 1750 g/mol. The summed E-state index contributed by atoms with van der Waals surface area (Å²) in [5, 5.41) is 26.8. The molecular formula is C105H132BBr2N3O8. The van der Waals surface area contributed by atoms with Gasteiger partial charge in [-0.3, -0.25) is 16.0 Å². The molecule has 11 aromatic carbocycles. The highest BCUT2D eigenvalue weighted by Crippen LogP contribution is 2.48. The van der Waals surface area contributed by atoms with Crippen molar-refractivity contribution in [1.82, 2.24) is 0 Å². The van der Waals surface area contributed by atoms with E-state index in [4.69, 9.17) is 40.7 Å². The molecule has 119 heavy (non-hydrogen) atoms. The van der Waals surface area contributed by atoms with Crippen LogP contribution in [0.5, 0.6) is 0 Å². The molecule has 14 heteroatoms. The standard InChI is InChI=1S/C58H72N2O4.C36H44Br2.C11H16BNO4/c1-5-9-13-15-17-19-25-45-41-53(43-31-35-47(36-32-43)59-57(61)63-39-11-7-3)49-27-21-23-29-51(49)55(45)56-46(26-20-18-16-14-10-6-2)42-54(50-28-22-24-30-52(50)56)44-33-37-48(38-34-44)60-58(62)64-40-12-8-4;1-3-5-7-9-11-13-19-27-25-33(37)29-21-15-17-23-31(29)35(27)36-28(20-14-12-10-8-6-4-2)26-34(38)30-22-16-18-24-32(30)36;1-2-3-8-17-11(14)13-10-6-4-9(5-7-10)12(15)16/h21-24,27-38,41-42H,5-20,25-26,39-40H2,1-4H3,(H,59,61)(H,60,62);15-18,21-26H,3-14,19-20H2,1-2H3;4-7,15-16H,2-3,8H2,1H3,(H,13,14)/i21D,22D,23D,24D,27D,28D,29D,30D,41D,42D;15D,16D,17D,18D,21D,22D,23D,24D,25D,26D;. The maximum atomic E-state index is 12.6. The summed E-state index contributed by atoms with van der Waals surface area (Å²) in [4.78, 5) is 36.5. The zero-order valence-corrected chi connectivity index (χ0v) is 73.9. The first-order chi connectivity index (χ1) is 66.6. The van der Waals surface area contributed by atoms with Crippen LogP contribution in [0.1, 0.15) is 291 Å². The highest BCUT2D eigenvalue weighted by molar-refractivity contribution is 9.11. The van der Waals surface area contributed by atoms with E-state index < -0.39 is 73.7 Å². The molecule has 0 atom stereocenters. The van der Waals surface area contributed by atoms with E-state index in [1.54, 1.807) is 60.7 Å². The summed E-state index contributed by atoms with van der Waals surface area (Å²) < 4.78 is 201. The Balaban J connectivity index is 0.000000282. The monoisotopic (exact) mass is 1750 g/mol. The average Bonchev–Trinajstić information content (AvgIpc) is 0.701. The van der Waals surface area contributed by atoms with Crippen LogP contribution in [0.4, 0.5) is 31.4 Å².